The Morgan fingerprint density at radius 1 is 1.45 bits per heavy atom. The molecule has 1 aromatic heterocycles. The maximum absolute atomic E-state index is 12.4. The van der Waals surface area contributed by atoms with Crippen LogP contribution < -0.4 is 4.74 Å². The number of ether oxygens (including phenoxy) is 1. The molecule has 0 radical (unpaired) electrons. The van der Waals surface area contributed by atoms with Gasteiger partial charge in [-0.05, 0) is 6.92 Å². The Labute approximate surface area is 114 Å². The molecule has 0 bridgehead atoms. The second-order valence-electron chi connectivity index (χ2n) is 4.29. The van der Waals surface area contributed by atoms with E-state index >= 15 is 0 Å². The first kappa shape index (κ1) is 16.2. The highest BCUT2D eigenvalue weighted by Crippen LogP contribution is 2.19. The molecule has 0 aliphatic heterocycles. The third-order valence-electron chi connectivity index (χ3n) is 2.36. The Morgan fingerprint density at radius 2 is 2.10 bits per heavy atom. The van der Waals surface area contributed by atoms with E-state index in [9.17, 15) is 18.0 Å². The van der Waals surface area contributed by atoms with Crippen LogP contribution in [-0.2, 0) is 11.3 Å². The number of alkyl halides is 3. The quantitative estimate of drug-likeness (QED) is 0.867. The number of carboxylic acids is 1. The fraction of sp³-hybridized carbons (Fsp3) is 0.500. The Kier molecular flexibility index (Phi) is 5.32. The van der Waals surface area contributed by atoms with Crippen molar-refractivity contribution in [2.24, 2.45) is 0 Å². The molecule has 20 heavy (non-hydrogen) atoms. The number of methoxy groups -OCH3 is 1. The summed E-state index contributed by atoms with van der Waals surface area (Å²) in [6.07, 6.45) is -4.47. The van der Waals surface area contributed by atoms with Crippen LogP contribution in [0.3, 0.4) is 0 Å². The SMILES string of the molecule is COc1cc(C)nc(CN(CC(=O)O)CC(F)(F)F)c1. The van der Waals surface area contributed by atoms with Crippen LogP contribution >= 0.6 is 0 Å². The highest BCUT2D eigenvalue weighted by atomic mass is 19.4. The molecule has 1 aromatic rings. The van der Waals surface area contributed by atoms with Crippen molar-refractivity contribution in [2.75, 3.05) is 20.2 Å². The van der Waals surface area contributed by atoms with Gasteiger partial charge in [0.1, 0.15) is 5.75 Å². The van der Waals surface area contributed by atoms with Crippen molar-refractivity contribution in [3.8, 4) is 5.75 Å². The van der Waals surface area contributed by atoms with Crippen molar-refractivity contribution in [3.63, 3.8) is 0 Å². The Morgan fingerprint density at radius 3 is 2.60 bits per heavy atom. The number of aliphatic carboxylic acids is 1. The third kappa shape index (κ3) is 5.87. The Balaban J connectivity index is 2.88. The lowest BCUT2D eigenvalue weighted by Crippen LogP contribution is -2.37. The van der Waals surface area contributed by atoms with Gasteiger partial charge in [-0.2, -0.15) is 13.2 Å². The number of halogens is 3. The average molecular weight is 292 g/mol. The second kappa shape index (κ2) is 6.56. The van der Waals surface area contributed by atoms with Crippen LogP contribution in [-0.4, -0.2) is 47.3 Å². The molecule has 0 aliphatic rings. The van der Waals surface area contributed by atoms with Crippen molar-refractivity contribution >= 4 is 5.97 Å². The number of pyridine rings is 1. The molecule has 1 rings (SSSR count). The topological polar surface area (TPSA) is 62.7 Å². The molecular weight excluding hydrogens is 277 g/mol. The Hall–Kier alpha value is -1.83. The standard InChI is InChI=1S/C12H15F3N2O3/c1-8-3-10(20-2)4-9(16-8)5-17(6-11(18)19)7-12(13,14)15/h3-4H,5-7H2,1-2H3,(H,18,19). The predicted molar refractivity (Wildman–Crippen MR) is 64.5 cm³/mol. The molecule has 1 N–H and O–H groups in total. The van der Waals surface area contributed by atoms with Crippen molar-refractivity contribution in [1.29, 1.82) is 0 Å². The molecule has 0 unspecified atom stereocenters. The minimum absolute atomic E-state index is 0.218. The van der Waals surface area contributed by atoms with E-state index in [-0.39, 0.29) is 6.54 Å². The molecule has 0 saturated carbocycles. The highest BCUT2D eigenvalue weighted by Gasteiger charge is 2.31. The number of rotatable bonds is 6. The number of aromatic nitrogens is 1. The van der Waals surface area contributed by atoms with Crippen LogP contribution in [0.2, 0.25) is 0 Å². The fourth-order valence-corrected chi connectivity index (χ4v) is 1.74. The summed E-state index contributed by atoms with van der Waals surface area (Å²) in [5.74, 6) is -0.858. The predicted octanol–water partition coefficient (Wildman–Crippen LogP) is 1.85. The van der Waals surface area contributed by atoms with Gasteiger partial charge in [0.05, 0.1) is 25.9 Å². The van der Waals surface area contributed by atoms with Crippen LogP contribution in [0.5, 0.6) is 5.75 Å². The molecule has 8 heteroatoms. The third-order valence-corrected chi connectivity index (χ3v) is 2.36. The number of carbonyl (C=O) groups is 1. The molecule has 0 atom stereocenters. The van der Waals surface area contributed by atoms with Gasteiger partial charge in [0, 0.05) is 24.4 Å². The zero-order valence-electron chi connectivity index (χ0n) is 11.1. The summed E-state index contributed by atoms with van der Waals surface area (Å²) in [6.45, 7) is -0.560. The zero-order valence-corrected chi connectivity index (χ0v) is 11.1. The van der Waals surface area contributed by atoms with Crippen LogP contribution in [0, 0.1) is 6.92 Å². The number of hydrogen-bond donors (Lipinski definition) is 1. The number of carboxylic acid groups (broad SMARTS) is 1. The maximum Gasteiger partial charge on any atom is 0.401 e. The smallest absolute Gasteiger partial charge is 0.401 e. The van der Waals surface area contributed by atoms with Crippen LogP contribution in [0.15, 0.2) is 12.1 Å². The van der Waals surface area contributed by atoms with Crippen molar-refractivity contribution in [1.82, 2.24) is 9.88 Å². The second-order valence-corrected chi connectivity index (χ2v) is 4.29. The molecular formula is C12H15F3N2O3. The summed E-state index contributed by atoms with van der Waals surface area (Å²) in [4.78, 5) is 15.5. The first-order valence-corrected chi connectivity index (χ1v) is 5.72. The van der Waals surface area contributed by atoms with Gasteiger partial charge in [0.2, 0.25) is 0 Å². The highest BCUT2D eigenvalue weighted by molar-refractivity contribution is 5.69. The van der Waals surface area contributed by atoms with E-state index < -0.39 is 25.2 Å². The van der Waals surface area contributed by atoms with E-state index in [1.54, 1.807) is 13.0 Å². The molecule has 5 nitrogen and oxygen atoms in total. The minimum Gasteiger partial charge on any atom is -0.497 e. The van der Waals surface area contributed by atoms with Crippen molar-refractivity contribution in [3.05, 3.63) is 23.5 Å². The molecule has 0 spiro atoms. The first-order chi connectivity index (χ1) is 9.19. The Bertz CT molecular complexity index is 478. The normalized spacial score (nSPS) is 11.7. The van der Waals surface area contributed by atoms with Crippen molar-refractivity contribution in [2.45, 2.75) is 19.6 Å². The fourth-order valence-electron chi connectivity index (χ4n) is 1.74. The summed E-state index contributed by atoms with van der Waals surface area (Å²) < 4.78 is 42.2. The molecule has 0 saturated heterocycles. The van der Waals surface area contributed by atoms with E-state index in [0.29, 0.717) is 17.1 Å². The van der Waals surface area contributed by atoms with E-state index in [2.05, 4.69) is 4.98 Å². The largest absolute Gasteiger partial charge is 0.497 e. The monoisotopic (exact) mass is 292 g/mol. The minimum atomic E-state index is -4.47. The van der Waals surface area contributed by atoms with E-state index in [1.807, 2.05) is 0 Å². The zero-order chi connectivity index (χ0) is 15.3. The molecule has 0 aromatic carbocycles. The number of aryl methyl sites for hydroxylation is 1. The summed E-state index contributed by atoms with van der Waals surface area (Å²) in [5.41, 5.74) is 0.911. The number of nitrogens with zero attached hydrogens (tertiary/aromatic N) is 2. The van der Waals surface area contributed by atoms with Gasteiger partial charge in [-0.3, -0.25) is 14.7 Å². The van der Waals surface area contributed by atoms with Crippen LogP contribution in [0.4, 0.5) is 13.2 Å². The average Bonchev–Trinajstić information content (AvgIpc) is 2.24. The first-order valence-electron chi connectivity index (χ1n) is 5.72. The van der Waals surface area contributed by atoms with Gasteiger partial charge in [0.25, 0.3) is 0 Å². The van der Waals surface area contributed by atoms with E-state index in [1.165, 1.54) is 13.2 Å². The summed E-state index contributed by atoms with van der Waals surface area (Å²) in [5, 5.41) is 8.66. The van der Waals surface area contributed by atoms with E-state index in [0.717, 1.165) is 4.90 Å². The molecule has 0 fully saturated rings. The van der Waals surface area contributed by atoms with Crippen LogP contribution in [0.1, 0.15) is 11.4 Å². The van der Waals surface area contributed by atoms with Gasteiger partial charge in [-0.25, -0.2) is 0 Å². The van der Waals surface area contributed by atoms with Crippen LogP contribution in [0.25, 0.3) is 0 Å². The van der Waals surface area contributed by atoms with Gasteiger partial charge < -0.3 is 9.84 Å². The maximum atomic E-state index is 12.4. The van der Waals surface area contributed by atoms with Crippen molar-refractivity contribution < 1.29 is 27.8 Å². The summed E-state index contributed by atoms with van der Waals surface area (Å²) >= 11 is 0. The summed E-state index contributed by atoms with van der Waals surface area (Å²) in [7, 11) is 1.43. The molecule has 1 heterocycles. The molecule has 0 amide bonds. The van der Waals surface area contributed by atoms with Gasteiger partial charge >= 0.3 is 12.1 Å². The van der Waals surface area contributed by atoms with Gasteiger partial charge in [-0.1, -0.05) is 0 Å². The van der Waals surface area contributed by atoms with Gasteiger partial charge in [-0.15, -0.1) is 0 Å². The number of hydrogen-bond acceptors (Lipinski definition) is 4. The van der Waals surface area contributed by atoms with E-state index in [4.69, 9.17) is 9.84 Å². The lowest BCUT2D eigenvalue weighted by Gasteiger charge is -2.21. The lowest BCUT2D eigenvalue weighted by molar-refractivity contribution is -0.155. The van der Waals surface area contributed by atoms with Gasteiger partial charge in [0.15, 0.2) is 0 Å². The molecule has 0 aliphatic carbocycles. The molecule has 112 valence electrons. The summed E-state index contributed by atoms with van der Waals surface area (Å²) in [6, 6.07) is 3.12. The lowest BCUT2D eigenvalue weighted by atomic mass is 10.2.